The summed E-state index contributed by atoms with van der Waals surface area (Å²) in [6, 6.07) is 10.2. The predicted molar refractivity (Wildman–Crippen MR) is 81.9 cm³/mol. The van der Waals surface area contributed by atoms with Gasteiger partial charge < -0.3 is 10.3 Å². The Balaban J connectivity index is 1.81. The van der Waals surface area contributed by atoms with Crippen LogP contribution in [0.15, 0.2) is 30.3 Å². The van der Waals surface area contributed by atoms with Crippen LogP contribution in [0.2, 0.25) is 0 Å². The normalized spacial score (nSPS) is 10.6. The molecule has 0 aliphatic carbocycles. The first kappa shape index (κ1) is 14.4. The van der Waals surface area contributed by atoms with Crippen LogP contribution >= 0.6 is 0 Å². The third-order valence-corrected chi connectivity index (χ3v) is 3.59. The average Bonchev–Trinajstić information content (AvgIpc) is 2.71. The van der Waals surface area contributed by atoms with Crippen LogP contribution in [0.3, 0.4) is 0 Å². The van der Waals surface area contributed by atoms with Gasteiger partial charge in [-0.1, -0.05) is 24.3 Å². The van der Waals surface area contributed by atoms with E-state index in [0.29, 0.717) is 13.0 Å². The first-order valence-electron chi connectivity index (χ1n) is 7.02. The number of hydrogen-bond donors (Lipinski definition) is 2. The molecule has 2 rings (SSSR count). The Morgan fingerprint density at radius 1 is 1.15 bits per heavy atom. The Morgan fingerprint density at radius 2 is 1.90 bits per heavy atom. The number of aromatic nitrogens is 1. The lowest BCUT2D eigenvalue weighted by molar-refractivity contribution is -0.120. The molecule has 0 saturated heterocycles. The molecule has 0 fully saturated rings. The first-order chi connectivity index (χ1) is 9.56. The van der Waals surface area contributed by atoms with Gasteiger partial charge in [-0.25, -0.2) is 0 Å². The van der Waals surface area contributed by atoms with Gasteiger partial charge in [-0.05, 0) is 49.9 Å². The van der Waals surface area contributed by atoms with Gasteiger partial charge in [0, 0.05) is 17.9 Å². The highest BCUT2D eigenvalue weighted by Crippen LogP contribution is 2.10. The third-order valence-electron chi connectivity index (χ3n) is 3.59. The number of amides is 1. The highest BCUT2D eigenvalue weighted by molar-refractivity contribution is 5.78. The second kappa shape index (κ2) is 6.42. The number of carbonyl (C=O) groups excluding carboxylic acids is 1. The molecule has 3 heteroatoms. The first-order valence-corrected chi connectivity index (χ1v) is 7.02. The third kappa shape index (κ3) is 3.73. The van der Waals surface area contributed by atoms with Gasteiger partial charge in [-0.15, -0.1) is 0 Å². The van der Waals surface area contributed by atoms with Crippen molar-refractivity contribution in [1.82, 2.24) is 10.3 Å². The number of carbonyl (C=O) groups is 1. The Labute approximate surface area is 120 Å². The van der Waals surface area contributed by atoms with Crippen LogP contribution in [0, 0.1) is 20.8 Å². The van der Waals surface area contributed by atoms with E-state index in [0.717, 1.165) is 12.0 Å². The number of H-pyrrole nitrogens is 1. The lowest BCUT2D eigenvalue weighted by atomic mass is 10.1. The largest absolute Gasteiger partial charge is 0.362 e. The second-order valence-electron chi connectivity index (χ2n) is 5.31. The van der Waals surface area contributed by atoms with Gasteiger partial charge in [0.05, 0.1) is 6.42 Å². The molecular formula is C17H22N2O. The van der Waals surface area contributed by atoms with Crippen LogP contribution in [0.1, 0.15) is 28.1 Å². The minimum absolute atomic E-state index is 0.0872. The zero-order valence-corrected chi connectivity index (χ0v) is 12.4. The molecule has 0 aliphatic rings. The highest BCUT2D eigenvalue weighted by atomic mass is 16.1. The maximum atomic E-state index is 11.9. The van der Waals surface area contributed by atoms with E-state index < -0.39 is 0 Å². The Morgan fingerprint density at radius 3 is 2.55 bits per heavy atom. The molecule has 3 nitrogen and oxygen atoms in total. The highest BCUT2D eigenvalue weighted by Gasteiger charge is 2.06. The summed E-state index contributed by atoms with van der Waals surface area (Å²) in [5, 5.41) is 2.99. The standard InChI is InChI=1S/C17H22N2O/c1-12-6-4-5-7-15(12)11-17(20)18-9-8-16-10-13(2)19-14(16)3/h4-7,10,19H,8-9,11H2,1-3H3,(H,18,20). The SMILES string of the molecule is Cc1cc(CCNC(=O)Cc2ccccc2C)c(C)[nH]1. The van der Waals surface area contributed by atoms with E-state index in [1.165, 1.54) is 22.5 Å². The van der Waals surface area contributed by atoms with Crippen LogP contribution < -0.4 is 5.32 Å². The van der Waals surface area contributed by atoms with Crippen molar-refractivity contribution in [3.8, 4) is 0 Å². The Hall–Kier alpha value is -2.03. The number of nitrogens with one attached hydrogen (secondary N) is 2. The molecule has 0 atom stereocenters. The molecular weight excluding hydrogens is 248 g/mol. The quantitative estimate of drug-likeness (QED) is 0.862. The van der Waals surface area contributed by atoms with Crippen LogP contribution in [0.5, 0.6) is 0 Å². The van der Waals surface area contributed by atoms with Crippen molar-refractivity contribution in [2.24, 2.45) is 0 Å². The van der Waals surface area contributed by atoms with E-state index in [-0.39, 0.29) is 5.91 Å². The molecule has 0 saturated carbocycles. The maximum absolute atomic E-state index is 11.9. The summed E-state index contributed by atoms with van der Waals surface area (Å²) < 4.78 is 0. The molecule has 0 spiro atoms. The average molecular weight is 270 g/mol. The lowest BCUT2D eigenvalue weighted by Gasteiger charge is -2.07. The summed E-state index contributed by atoms with van der Waals surface area (Å²) in [6.07, 6.45) is 1.33. The number of rotatable bonds is 5. The molecule has 2 aromatic rings. The van der Waals surface area contributed by atoms with Gasteiger partial charge in [0.2, 0.25) is 5.91 Å². The van der Waals surface area contributed by atoms with Crippen LogP contribution in [-0.2, 0) is 17.6 Å². The summed E-state index contributed by atoms with van der Waals surface area (Å²) in [7, 11) is 0. The van der Waals surface area contributed by atoms with E-state index in [4.69, 9.17) is 0 Å². The summed E-state index contributed by atoms with van der Waals surface area (Å²) in [5.74, 6) is 0.0872. The van der Waals surface area contributed by atoms with Gasteiger partial charge in [-0.2, -0.15) is 0 Å². The van der Waals surface area contributed by atoms with Crippen molar-refractivity contribution < 1.29 is 4.79 Å². The van der Waals surface area contributed by atoms with E-state index >= 15 is 0 Å². The Kier molecular flexibility index (Phi) is 4.61. The van der Waals surface area contributed by atoms with Crippen molar-refractivity contribution >= 4 is 5.91 Å². The van der Waals surface area contributed by atoms with Crippen molar-refractivity contribution in [3.63, 3.8) is 0 Å². The number of aryl methyl sites for hydroxylation is 3. The molecule has 1 amide bonds. The summed E-state index contributed by atoms with van der Waals surface area (Å²) in [6.45, 7) is 6.84. The van der Waals surface area contributed by atoms with Crippen molar-refractivity contribution in [2.75, 3.05) is 6.54 Å². The van der Waals surface area contributed by atoms with Gasteiger partial charge in [0.1, 0.15) is 0 Å². The van der Waals surface area contributed by atoms with Gasteiger partial charge >= 0.3 is 0 Å². The minimum Gasteiger partial charge on any atom is -0.362 e. The summed E-state index contributed by atoms with van der Waals surface area (Å²) in [4.78, 5) is 15.2. The van der Waals surface area contributed by atoms with Crippen molar-refractivity contribution in [1.29, 1.82) is 0 Å². The van der Waals surface area contributed by atoms with E-state index in [1.54, 1.807) is 0 Å². The van der Waals surface area contributed by atoms with Gasteiger partial charge in [0.25, 0.3) is 0 Å². The molecule has 1 aromatic carbocycles. The maximum Gasteiger partial charge on any atom is 0.224 e. The predicted octanol–water partition coefficient (Wildman–Crippen LogP) is 2.84. The molecule has 20 heavy (non-hydrogen) atoms. The van der Waals surface area contributed by atoms with Crippen molar-refractivity contribution in [3.05, 3.63) is 58.4 Å². The molecule has 106 valence electrons. The fourth-order valence-corrected chi connectivity index (χ4v) is 2.42. The topological polar surface area (TPSA) is 44.9 Å². The second-order valence-corrected chi connectivity index (χ2v) is 5.31. The molecule has 0 aliphatic heterocycles. The Bertz CT molecular complexity index is 599. The lowest BCUT2D eigenvalue weighted by Crippen LogP contribution is -2.27. The summed E-state index contributed by atoms with van der Waals surface area (Å²) in [5.41, 5.74) is 5.90. The monoisotopic (exact) mass is 270 g/mol. The summed E-state index contributed by atoms with van der Waals surface area (Å²) >= 11 is 0. The molecule has 0 unspecified atom stereocenters. The number of benzene rings is 1. The molecule has 1 aromatic heterocycles. The molecule has 1 heterocycles. The minimum atomic E-state index is 0.0872. The smallest absolute Gasteiger partial charge is 0.224 e. The van der Waals surface area contributed by atoms with Gasteiger partial charge in [0.15, 0.2) is 0 Å². The molecule has 2 N–H and O–H groups in total. The van der Waals surface area contributed by atoms with Gasteiger partial charge in [-0.3, -0.25) is 4.79 Å². The molecule has 0 bridgehead atoms. The fourth-order valence-electron chi connectivity index (χ4n) is 2.42. The van der Waals surface area contributed by atoms with Crippen LogP contribution in [-0.4, -0.2) is 17.4 Å². The molecule has 0 radical (unpaired) electrons. The van der Waals surface area contributed by atoms with E-state index in [9.17, 15) is 4.79 Å². The number of hydrogen-bond acceptors (Lipinski definition) is 1. The zero-order chi connectivity index (χ0) is 14.5. The van der Waals surface area contributed by atoms with E-state index in [1.807, 2.05) is 38.1 Å². The fraction of sp³-hybridized carbons (Fsp3) is 0.353. The van der Waals surface area contributed by atoms with Crippen LogP contribution in [0.4, 0.5) is 0 Å². The van der Waals surface area contributed by atoms with Crippen LogP contribution in [0.25, 0.3) is 0 Å². The van der Waals surface area contributed by atoms with E-state index in [2.05, 4.69) is 23.3 Å². The zero-order valence-electron chi connectivity index (χ0n) is 12.4. The number of aromatic amines is 1. The van der Waals surface area contributed by atoms with Crippen molar-refractivity contribution in [2.45, 2.75) is 33.6 Å².